The van der Waals surface area contributed by atoms with Crippen molar-refractivity contribution in [3.63, 3.8) is 0 Å². The van der Waals surface area contributed by atoms with Crippen LogP contribution in [0, 0.1) is 6.92 Å². The number of hydrogen-bond donors (Lipinski definition) is 3. The minimum Gasteiger partial charge on any atom is -0.497 e. The van der Waals surface area contributed by atoms with E-state index in [1.807, 2.05) is 30.3 Å². The van der Waals surface area contributed by atoms with Gasteiger partial charge in [-0.15, -0.1) is 0 Å². The molecule has 1 amide bonds. The molecule has 0 saturated carbocycles. The average Bonchev–Trinajstić information content (AvgIpc) is 3.01. The third-order valence-electron chi connectivity index (χ3n) is 5.02. The number of nitrogens with one attached hydrogen (secondary N) is 3. The molecule has 0 aliphatic rings. The number of halogens is 3. The number of aromatic nitrogens is 2. The quantitative estimate of drug-likeness (QED) is 0.249. The maximum absolute atomic E-state index is 13.1. The molecule has 0 spiro atoms. The number of methoxy groups -OCH3 is 1. The van der Waals surface area contributed by atoms with Gasteiger partial charge in [-0.05, 0) is 55.5 Å². The molecule has 0 aliphatic heterocycles. The summed E-state index contributed by atoms with van der Waals surface area (Å²) in [6.07, 6.45) is -1.20. The first kappa shape index (κ1) is 25.9. The number of anilines is 1. The Kier molecular flexibility index (Phi) is 8.14. The number of thiocarbonyl (C=S) groups is 1. The molecule has 8 nitrogen and oxygen atoms in total. The van der Waals surface area contributed by atoms with Gasteiger partial charge in [0.15, 0.2) is 5.11 Å². The normalized spacial score (nSPS) is 12.1. The molecule has 0 unspecified atom stereocenters. The molecule has 12 heteroatoms. The van der Waals surface area contributed by atoms with Crippen molar-refractivity contribution < 1.29 is 9.53 Å². The molecule has 1 aromatic heterocycles. The summed E-state index contributed by atoms with van der Waals surface area (Å²) in [6.45, 7) is 1.77. The van der Waals surface area contributed by atoms with Crippen LogP contribution in [0.4, 0.5) is 5.69 Å². The van der Waals surface area contributed by atoms with E-state index in [9.17, 15) is 9.59 Å². The van der Waals surface area contributed by atoms with Crippen molar-refractivity contribution in [2.24, 2.45) is 7.05 Å². The van der Waals surface area contributed by atoms with Crippen molar-refractivity contribution in [1.82, 2.24) is 20.0 Å². The van der Waals surface area contributed by atoms with Crippen LogP contribution < -0.4 is 26.2 Å². The summed E-state index contributed by atoms with van der Waals surface area (Å²) in [7, 11) is 3.28. The zero-order chi connectivity index (χ0) is 25.0. The fourth-order valence-corrected chi connectivity index (χ4v) is 3.70. The van der Waals surface area contributed by atoms with Crippen molar-refractivity contribution in [1.29, 1.82) is 0 Å². The molecule has 0 bridgehead atoms. The lowest BCUT2D eigenvalue weighted by Gasteiger charge is -2.27. The topological polar surface area (TPSA) is 89.3 Å². The number of para-hydroxylation sites is 1. The maximum atomic E-state index is 13.1. The fraction of sp³-hybridized carbons (Fsp3) is 0.227. The molecule has 0 fully saturated rings. The molecule has 0 aliphatic carbocycles. The smallest absolute Gasteiger partial charge is 0.295 e. The van der Waals surface area contributed by atoms with Gasteiger partial charge in [0, 0.05) is 12.6 Å². The second-order valence-corrected chi connectivity index (χ2v) is 9.99. The van der Waals surface area contributed by atoms with Crippen molar-refractivity contribution in [3.05, 3.63) is 76.2 Å². The lowest BCUT2D eigenvalue weighted by Crippen LogP contribution is -2.56. The highest BCUT2D eigenvalue weighted by molar-refractivity contribution is 7.80. The summed E-state index contributed by atoms with van der Waals surface area (Å²) in [6, 6.07) is 15.6. The Balaban J connectivity index is 1.78. The van der Waals surface area contributed by atoms with E-state index in [4.69, 9.17) is 51.8 Å². The van der Waals surface area contributed by atoms with Crippen LogP contribution in [0.25, 0.3) is 5.69 Å². The lowest BCUT2D eigenvalue weighted by atomic mass is 10.2. The Bertz CT molecular complexity index is 1240. The summed E-state index contributed by atoms with van der Waals surface area (Å²) in [5.41, 5.74) is 1.57. The predicted octanol–water partition coefficient (Wildman–Crippen LogP) is 3.91. The fourth-order valence-electron chi connectivity index (χ4n) is 3.15. The molecule has 3 aromatic rings. The van der Waals surface area contributed by atoms with Crippen molar-refractivity contribution in [3.8, 4) is 11.4 Å². The van der Waals surface area contributed by atoms with Crippen LogP contribution in [-0.4, -0.2) is 37.5 Å². The van der Waals surface area contributed by atoms with Crippen LogP contribution in [-0.2, 0) is 7.05 Å². The Hall–Kier alpha value is -2.72. The SMILES string of the molecule is COc1ccc(C(=O)N[C@H](NC(=S)Nc2c(C)n(C)n(-c3ccccc3)c2=O)C(Cl)(Cl)Cl)cc1. The third kappa shape index (κ3) is 5.85. The predicted molar refractivity (Wildman–Crippen MR) is 140 cm³/mol. The van der Waals surface area contributed by atoms with Crippen molar-refractivity contribution in [2.45, 2.75) is 16.9 Å². The Morgan fingerprint density at radius 2 is 1.68 bits per heavy atom. The first-order valence-corrected chi connectivity index (χ1v) is 11.5. The number of ether oxygens (including phenoxy) is 1. The highest BCUT2D eigenvalue weighted by Crippen LogP contribution is 2.29. The largest absolute Gasteiger partial charge is 0.497 e. The van der Waals surface area contributed by atoms with Crippen LogP contribution in [0.2, 0.25) is 0 Å². The van der Waals surface area contributed by atoms with Crippen LogP contribution in [0.3, 0.4) is 0 Å². The number of benzene rings is 2. The number of nitrogens with zero attached hydrogens (tertiary/aromatic N) is 2. The van der Waals surface area contributed by atoms with Gasteiger partial charge in [-0.1, -0.05) is 53.0 Å². The van der Waals surface area contributed by atoms with Gasteiger partial charge in [0.25, 0.3) is 11.5 Å². The van der Waals surface area contributed by atoms with Crippen molar-refractivity contribution >= 4 is 63.7 Å². The van der Waals surface area contributed by atoms with E-state index in [2.05, 4.69) is 16.0 Å². The molecule has 3 rings (SSSR count). The minimum atomic E-state index is -1.95. The molecule has 0 radical (unpaired) electrons. The van der Waals surface area contributed by atoms with E-state index in [0.29, 0.717) is 22.7 Å². The standard InChI is InChI=1S/C22H22Cl3N5O3S/c1-13-17(19(32)30(29(13)2)15-7-5-4-6-8-15)26-21(34)28-20(22(23,24)25)27-18(31)14-9-11-16(33-3)12-10-14/h4-12,20H,1-3H3,(H,27,31)(H2,26,28,34)/t20-/m1/s1. The summed E-state index contributed by atoms with van der Waals surface area (Å²) in [4.78, 5) is 25.7. The van der Waals surface area contributed by atoms with Gasteiger partial charge < -0.3 is 20.7 Å². The van der Waals surface area contributed by atoms with Crippen LogP contribution in [0.1, 0.15) is 16.1 Å². The molecule has 1 heterocycles. The number of hydrogen-bond acceptors (Lipinski definition) is 4. The van der Waals surface area contributed by atoms with E-state index in [1.165, 1.54) is 11.8 Å². The monoisotopic (exact) mass is 541 g/mol. The summed E-state index contributed by atoms with van der Waals surface area (Å²) in [5, 5.41) is 8.20. The van der Waals surface area contributed by atoms with Gasteiger partial charge in [-0.3, -0.25) is 14.3 Å². The Morgan fingerprint density at radius 1 is 1.06 bits per heavy atom. The number of alkyl halides is 3. The van der Waals surface area contributed by atoms with Crippen LogP contribution in [0.15, 0.2) is 59.4 Å². The van der Waals surface area contributed by atoms with Gasteiger partial charge in [-0.2, -0.15) is 0 Å². The molecular formula is C22H22Cl3N5O3S. The second-order valence-electron chi connectivity index (χ2n) is 7.21. The number of carbonyl (C=O) groups is 1. The summed E-state index contributed by atoms with van der Waals surface area (Å²) >= 11 is 23.6. The molecular weight excluding hydrogens is 521 g/mol. The first-order chi connectivity index (χ1) is 16.0. The zero-order valence-electron chi connectivity index (χ0n) is 18.4. The molecule has 34 heavy (non-hydrogen) atoms. The molecule has 0 saturated heterocycles. The van der Waals surface area contributed by atoms with Crippen molar-refractivity contribution in [2.75, 3.05) is 12.4 Å². The van der Waals surface area contributed by atoms with E-state index in [1.54, 1.807) is 42.9 Å². The number of rotatable bonds is 6. The highest BCUT2D eigenvalue weighted by Gasteiger charge is 2.35. The summed E-state index contributed by atoms with van der Waals surface area (Å²) in [5.74, 6) is 0.0916. The molecule has 1 atom stereocenters. The highest BCUT2D eigenvalue weighted by atomic mass is 35.6. The van der Waals surface area contributed by atoms with Crippen LogP contribution >= 0.6 is 47.0 Å². The first-order valence-electron chi connectivity index (χ1n) is 9.96. The molecule has 180 valence electrons. The second kappa shape index (κ2) is 10.7. The molecule has 2 aromatic carbocycles. The number of amides is 1. The van der Waals surface area contributed by atoms with Crippen LogP contribution in [0.5, 0.6) is 5.75 Å². The average molecular weight is 543 g/mol. The van der Waals surface area contributed by atoms with E-state index < -0.39 is 15.9 Å². The van der Waals surface area contributed by atoms with E-state index >= 15 is 0 Å². The minimum absolute atomic E-state index is 0.0163. The van der Waals surface area contributed by atoms with E-state index in [0.717, 1.165) is 0 Å². The Labute approximate surface area is 216 Å². The van der Waals surface area contributed by atoms with Gasteiger partial charge in [0.05, 0.1) is 18.5 Å². The zero-order valence-corrected chi connectivity index (χ0v) is 21.5. The van der Waals surface area contributed by atoms with Gasteiger partial charge in [0.2, 0.25) is 3.79 Å². The molecule has 3 N–H and O–H groups in total. The van der Waals surface area contributed by atoms with Gasteiger partial charge in [-0.25, -0.2) is 4.68 Å². The maximum Gasteiger partial charge on any atom is 0.295 e. The van der Waals surface area contributed by atoms with E-state index in [-0.39, 0.29) is 16.4 Å². The third-order valence-corrected chi connectivity index (χ3v) is 5.90. The number of carbonyl (C=O) groups excluding carboxylic acids is 1. The lowest BCUT2D eigenvalue weighted by molar-refractivity contribution is 0.0934. The van der Waals surface area contributed by atoms with Gasteiger partial charge in [0.1, 0.15) is 17.6 Å². The summed E-state index contributed by atoms with van der Waals surface area (Å²) < 4.78 is 6.33. The van der Waals surface area contributed by atoms with Gasteiger partial charge >= 0.3 is 0 Å². The Morgan fingerprint density at radius 3 is 2.24 bits per heavy atom.